The molecule has 1 atom stereocenters. The average Bonchev–Trinajstić information content (AvgIpc) is 3.02. The fraction of sp³-hybridized carbons (Fsp3) is 0.611. The zero-order valence-corrected chi connectivity index (χ0v) is 16.6. The van der Waals surface area contributed by atoms with E-state index in [1.165, 1.54) is 30.6 Å². The van der Waals surface area contributed by atoms with Crippen molar-refractivity contribution < 1.29 is 4.74 Å². The van der Waals surface area contributed by atoms with E-state index in [9.17, 15) is 0 Å². The quantitative estimate of drug-likeness (QED) is 0.797. The van der Waals surface area contributed by atoms with E-state index in [1.54, 1.807) is 18.4 Å². The Morgan fingerprint density at radius 1 is 1.19 bits per heavy atom. The molecule has 0 saturated carbocycles. The number of nitrogens with one attached hydrogen (secondary N) is 1. The van der Waals surface area contributed by atoms with Crippen molar-refractivity contribution in [2.45, 2.75) is 31.7 Å². The van der Waals surface area contributed by atoms with Gasteiger partial charge < -0.3 is 19.9 Å². The lowest BCUT2D eigenvalue weighted by Gasteiger charge is -2.24. The standard InChI is InChI=1S/C18H28N6OS/c1-23(2)14(15-9-8-12-26-15)13-19-16-20-17(22-18(21-16)25-3)24-10-6-4-5-7-11-24/h8-9,12,14H,4-7,10-11,13H2,1-3H3,(H,19,20,21,22). The molecule has 0 aliphatic carbocycles. The van der Waals surface area contributed by atoms with Crippen molar-refractivity contribution in [1.82, 2.24) is 19.9 Å². The first-order valence-corrected chi connectivity index (χ1v) is 10.0. The van der Waals surface area contributed by atoms with Crippen molar-refractivity contribution in [3.05, 3.63) is 22.4 Å². The molecule has 0 spiro atoms. The Morgan fingerprint density at radius 3 is 2.58 bits per heavy atom. The van der Waals surface area contributed by atoms with Crippen molar-refractivity contribution in [2.24, 2.45) is 0 Å². The minimum atomic E-state index is 0.263. The molecule has 1 aliphatic rings. The van der Waals surface area contributed by atoms with E-state index in [2.05, 4.69) is 61.7 Å². The summed E-state index contributed by atoms with van der Waals surface area (Å²) in [5.41, 5.74) is 0. The van der Waals surface area contributed by atoms with Crippen LogP contribution in [0.2, 0.25) is 0 Å². The van der Waals surface area contributed by atoms with Gasteiger partial charge in [-0.15, -0.1) is 11.3 Å². The number of rotatable bonds is 7. The van der Waals surface area contributed by atoms with E-state index in [0.29, 0.717) is 17.9 Å². The molecule has 7 nitrogen and oxygen atoms in total. The number of likely N-dealkylation sites (N-methyl/N-ethyl adjacent to an activating group) is 1. The van der Waals surface area contributed by atoms with Crippen molar-refractivity contribution >= 4 is 23.2 Å². The molecular weight excluding hydrogens is 348 g/mol. The van der Waals surface area contributed by atoms with Crippen LogP contribution in [0.15, 0.2) is 17.5 Å². The predicted octanol–water partition coefficient (Wildman–Crippen LogP) is 3.04. The predicted molar refractivity (Wildman–Crippen MR) is 106 cm³/mol. The fourth-order valence-electron chi connectivity index (χ4n) is 3.13. The van der Waals surface area contributed by atoms with Crippen LogP contribution in [-0.4, -0.2) is 60.7 Å². The zero-order valence-electron chi connectivity index (χ0n) is 15.8. The third-order valence-corrected chi connectivity index (χ3v) is 5.60. The summed E-state index contributed by atoms with van der Waals surface area (Å²) in [7, 11) is 5.77. The maximum Gasteiger partial charge on any atom is 0.322 e. The first-order chi connectivity index (χ1) is 12.7. The number of ether oxygens (including phenoxy) is 1. The molecule has 26 heavy (non-hydrogen) atoms. The molecular formula is C18H28N6OS. The Labute approximate surface area is 159 Å². The third kappa shape index (κ3) is 4.82. The molecule has 2 aromatic heterocycles. The van der Waals surface area contributed by atoms with Gasteiger partial charge in [0.1, 0.15) is 0 Å². The van der Waals surface area contributed by atoms with Crippen molar-refractivity contribution in [3.63, 3.8) is 0 Å². The van der Waals surface area contributed by atoms with Gasteiger partial charge in [-0.05, 0) is 38.4 Å². The molecule has 0 radical (unpaired) electrons. The molecule has 3 heterocycles. The third-order valence-electron chi connectivity index (χ3n) is 4.62. The van der Waals surface area contributed by atoms with Crippen LogP contribution in [0.5, 0.6) is 6.01 Å². The summed E-state index contributed by atoms with van der Waals surface area (Å²) in [5.74, 6) is 1.28. The summed E-state index contributed by atoms with van der Waals surface area (Å²) in [6, 6.07) is 4.87. The van der Waals surface area contributed by atoms with E-state index in [4.69, 9.17) is 4.74 Å². The minimum absolute atomic E-state index is 0.263. The Hall–Kier alpha value is -1.93. The minimum Gasteiger partial charge on any atom is -0.467 e. The summed E-state index contributed by atoms with van der Waals surface area (Å²) in [6.45, 7) is 2.70. The van der Waals surface area contributed by atoms with Crippen LogP contribution < -0.4 is 15.0 Å². The smallest absolute Gasteiger partial charge is 0.322 e. The van der Waals surface area contributed by atoms with E-state index in [1.807, 2.05) is 0 Å². The molecule has 3 rings (SSSR count). The first-order valence-electron chi connectivity index (χ1n) is 9.16. The second-order valence-corrected chi connectivity index (χ2v) is 7.70. The molecule has 2 aromatic rings. The lowest BCUT2D eigenvalue weighted by molar-refractivity contribution is 0.315. The summed E-state index contributed by atoms with van der Waals surface area (Å²) < 4.78 is 5.31. The zero-order chi connectivity index (χ0) is 18.4. The van der Waals surface area contributed by atoms with E-state index in [-0.39, 0.29) is 6.04 Å². The van der Waals surface area contributed by atoms with Gasteiger partial charge in [0.25, 0.3) is 0 Å². The molecule has 8 heteroatoms. The molecule has 1 unspecified atom stereocenters. The monoisotopic (exact) mass is 376 g/mol. The van der Waals surface area contributed by atoms with E-state index < -0.39 is 0 Å². The number of hydrogen-bond donors (Lipinski definition) is 1. The van der Waals surface area contributed by atoms with Crippen LogP contribution in [0.25, 0.3) is 0 Å². The molecule has 1 saturated heterocycles. The SMILES string of the molecule is COc1nc(NCC(c2cccs2)N(C)C)nc(N2CCCCCC2)n1. The van der Waals surface area contributed by atoms with Gasteiger partial charge in [-0.3, -0.25) is 0 Å². The second-order valence-electron chi connectivity index (χ2n) is 6.72. The number of hydrogen-bond acceptors (Lipinski definition) is 8. The topological polar surface area (TPSA) is 66.4 Å². The lowest BCUT2D eigenvalue weighted by Crippen LogP contribution is -2.28. The van der Waals surface area contributed by atoms with Crippen LogP contribution in [0, 0.1) is 0 Å². The Kier molecular flexibility index (Phi) is 6.62. The fourth-order valence-corrected chi connectivity index (χ4v) is 4.06. The highest BCUT2D eigenvalue weighted by atomic mass is 32.1. The van der Waals surface area contributed by atoms with E-state index >= 15 is 0 Å². The van der Waals surface area contributed by atoms with E-state index in [0.717, 1.165) is 19.6 Å². The number of aromatic nitrogens is 3. The van der Waals surface area contributed by atoms with Gasteiger partial charge in [-0.1, -0.05) is 18.9 Å². The average molecular weight is 377 g/mol. The van der Waals surface area contributed by atoms with Crippen molar-refractivity contribution in [3.8, 4) is 6.01 Å². The molecule has 142 valence electrons. The second kappa shape index (κ2) is 9.14. The number of nitrogens with zero attached hydrogens (tertiary/aromatic N) is 5. The lowest BCUT2D eigenvalue weighted by atomic mass is 10.2. The Bertz CT molecular complexity index is 670. The van der Waals surface area contributed by atoms with Gasteiger partial charge in [-0.25, -0.2) is 0 Å². The van der Waals surface area contributed by atoms with Crippen LogP contribution >= 0.6 is 11.3 Å². The van der Waals surface area contributed by atoms with Crippen LogP contribution in [0.4, 0.5) is 11.9 Å². The molecule has 0 bridgehead atoms. The van der Waals surface area contributed by atoms with Gasteiger partial charge in [0.05, 0.1) is 13.2 Å². The largest absolute Gasteiger partial charge is 0.467 e. The highest BCUT2D eigenvalue weighted by Gasteiger charge is 2.18. The van der Waals surface area contributed by atoms with Gasteiger partial charge in [0.15, 0.2) is 0 Å². The normalized spacial score (nSPS) is 16.4. The van der Waals surface area contributed by atoms with Crippen LogP contribution in [0.3, 0.4) is 0 Å². The molecule has 0 amide bonds. The highest BCUT2D eigenvalue weighted by Crippen LogP contribution is 2.24. The van der Waals surface area contributed by atoms with Gasteiger partial charge in [-0.2, -0.15) is 15.0 Å². The number of thiophene rings is 1. The van der Waals surface area contributed by atoms with Gasteiger partial charge >= 0.3 is 6.01 Å². The van der Waals surface area contributed by atoms with Crippen molar-refractivity contribution in [1.29, 1.82) is 0 Å². The highest BCUT2D eigenvalue weighted by molar-refractivity contribution is 7.10. The Balaban J connectivity index is 1.75. The summed E-state index contributed by atoms with van der Waals surface area (Å²) in [5, 5.41) is 5.49. The molecule has 1 fully saturated rings. The first kappa shape index (κ1) is 18.8. The number of methoxy groups -OCH3 is 1. The van der Waals surface area contributed by atoms with Crippen LogP contribution in [-0.2, 0) is 0 Å². The molecule has 1 aliphatic heterocycles. The summed E-state index contributed by atoms with van der Waals surface area (Å²) >= 11 is 1.76. The maximum atomic E-state index is 5.31. The Morgan fingerprint density at radius 2 is 1.96 bits per heavy atom. The summed E-state index contributed by atoms with van der Waals surface area (Å²) in [6.07, 6.45) is 4.90. The number of anilines is 2. The molecule has 0 aromatic carbocycles. The summed E-state index contributed by atoms with van der Waals surface area (Å²) in [4.78, 5) is 19.3. The van der Waals surface area contributed by atoms with Crippen molar-refractivity contribution in [2.75, 3.05) is 51.1 Å². The molecule has 1 N–H and O–H groups in total. The van der Waals surface area contributed by atoms with Crippen LogP contribution in [0.1, 0.15) is 36.6 Å². The van der Waals surface area contributed by atoms with Gasteiger partial charge in [0, 0.05) is 24.5 Å². The van der Waals surface area contributed by atoms with Gasteiger partial charge in [0.2, 0.25) is 11.9 Å². The maximum absolute atomic E-state index is 5.31.